The fourth-order valence-electron chi connectivity index (χ4n) is 1.41. The largest absolute Gasteiger partial charge is 0.407 e. The van der Waals surface area contributed by atoms with Gasteiger partial charge in [0.1, 0.15) is 0 Å². The van der Waals surface area contributed by atoms with E-state index in [-0.39, 0.29) is 6.03 Å². The molecule has 2 amide bonds. The lowest BCUT2D eigenvalue weighted by atomic mass is 10.6. The molecule has 8 heteroatoms. The molecule has 1 heterocycles. The average Bonchev–Trinajstić information content (AvgIpc) is 3.11. The van der Waals surface area contributed by atoms with Crippen molar-refractivity contribution in [1.82, 2.24) is 25.7 Å². The first kappa shape index (κ1) is 13.6. The molecule has 0 atom stereocenters. The standard InChI is InChI=1S/C11H20N6O2/c1-17(2)11(18)13-6-5-12-10-16-15-9(19-10)7-14-8-3-4-8/h8,14H,3-7H2,1-2H3,(H,12,16)(H,13,18). The van der Waals surface area contributed by atoms with E-state index in [9.17, 15) is 4.79 Å². The van der Waals surface area contributed by atoms with Gasteiger partial charge in [0, 0.05) is 33.2 Å². The Bertz CT molecular complexity index is 415. The summed E-state index contributed by atoms with van der Waals surface area (Å²) in [5, 5.41) is 16.8. The molecule has 0 bridgehead atoms. The predicted molar refractivity (Wildman–Crippen MR) is 69.7 cm³/mol. The van der Waals surface area contributed by atoms with Crippen molar-refractivity contribution in [3.8, 4) is 0 Å². The maximum absolute atomic E-state index is 11.2. The quantitative estimate of drug-likeness (QED) is 0.603. The Kier molecular flexibility index (Phi) is 4.56. The van der Waals surface area contributed by atoms with Crippen LogP contribution in [0.2, 0.25) is 0 Å². The Morgan fingerprint density at radius 2 is 2.16 bits per heavy atom. The van der Waals surface area contributed by atoms with E-state index in [0.29, 0.717) is 37.6 Å². The molecular formula is C11H20N6O2. The van der Waals surface area contributed by atoms with Gasteiger partial charge in [-0.25, -0.2) is 4.79 Å². The summed E-state index contributed by atoms with van der Waals surface area (Å²) < 4.78 is 5.40. The Balaban J connectivity index is 1.61. The van der Waals surface area contributed by atoms with Crippen LogP contribution in [-0.2, 0) is 6.54 Å². The van der Waals surface area contributed by atoms with Crippen molar-refractivity contribution in [1.29, 1.82) is 0 Å². The molecule has 0 spiro atoms. The number of hydrogen-bond donors (Lipinski definition) is 3. The summed E-state index contributed by atoms with van der Waals surface area (Å²) >= 11 is 0. The van der Waals surface area contributed by atoms with Crippen LogP contribution in [0.3, 0.4) is 0 Å². The van der Waals surface area contributed by atoms with Crippen LogP contribution in [0.5, 0.6) is 0 Å². The van der Waals surface area contributed by atoms with Crippen LogP contribution in [0.15, 0.2) is 4.42 Å². The average molecular weight is 268 g/mol. The number of aromatic nitrogens is 2. The minimum absolute atomic E-state index is 0.123. The molecule has 0 radical (unpaired) electrons. The normalized spacial score (nSPS) is 14.2. The van der Waals surface area contributed by atoms with Crippen LogP contribution in [-0.4, -0.2) is 54.4 Å². The second kappa shape index (κ2) is 6.37. The molecule has 2 rings (SSSR count). The zero-order chi connectivity index (χ0) is 13.7. The molecule has 19 heavy (non-hydrogen) atoms. The summed E-state index contributed by atoms with van der Waals surface area (Å²) in [6.07, 6.45) is 2.45. The summed E-state index contributed by atoms with van der Waals surface area (Å²) in [5.74, 6) is 0.576. The van der Waals surface area contributed by atoms with Crippen molar-refractivity contribution >= 4 is 12.0 Å². The van der Waals surface area contributed by atoms with E-state index in [1.807, 2.05) is 0 Å². The third-order valence-electron chi connectivity index (χ3n) is 2.67. The number of urea groups is 1. The molecule has 0 aliphatic heterocycles. The highest BCUT2D eigenvalue weighted by Gasteiger charge is 2.21. The van der Waals surface area contributed by atoms with E-state index in [4.69, 9.17) is 4.42 Å². The lowest BCUT2D eigenvalue weighted by molar-refractivity contribution is 0.218. The third kappa shape index (κ3) is 4.74. The van der Waals surface area contributed by atoms with Crippen LogP contribution in [0.4, 0.5) is 10.8 Å². The van der Waals surface area contributed by atoms with Crippen LogP contribution in [0.25, 0.3) is 0 Å². The summed E-state index contributed by atoms with van der Waals surface area (Å²) in [5.41, 5.74) is 0. The van der Waals surface area contributed by atoms with Gasteiger partial charge in [0.2, 0.25) is 5.89 Å². The Hall–Kier alpha value is -1.83. The van der Waals surface area contributed by atoms with Gasteiger partial charge >= 0.3 is 12.0 Å². The first-order chi connectivity index (χ1) is 9.15. The summed E-state index contributed by atoms with van der Waals surface area (Å²) in [4.78, 5) is 12.7. The Labute approximate surface area is 111 Å². The van der Waals surface area contributed by atoms with Crippen LogP contribution in [0.1, 0.15) is 18.7 Å². The van der Waals surface area contributed by atoms with Crippen LogP contribution >= 0.6 is 0 Å². The van der Waals surface area contributed by atoms with Gasteiger partial charge < -0.3 is 25.3 Å². The SMILES string of the molecule is CN(C)C(=O)NCCNc1nnc(CNC2CC2)o1. The molecule has 0 aromatic carbocycles. The second-order valence-corrected chi connectivity index (χ2v) is 4.71. The van der Waals surface area contributed by atoms with E-state index >= 15 is 0 Å². The molecule has 8 nitrogen and oxygen atoms in total. The summed E-state index contributed by atoms with van der Waals surface area (Å²) in [6.45, 7) is 1.64. The highest BCUT2D eigenvalue weighted by Crippen LogP contribution is 2.19. The molecule has 1 saturated carbocycles. The maximum Gasteiger partial charge on any atom is 0.316 e. The topological polar surface area (TPSA) is 95.3 Å². The number of carbonyl (C=O) groups excluding carboxylic acids is 1. The molecule has 0 saturated heterocycles. The van der Waals surface area contributed by atoms with Crippen LogP contribution < -0.4 is 16.0 Å². The number of nitrogens with one attached hydrogen (secondary N) is 3. The van der Waals surface area contributed by atoms with Gasteiger partial charge in [-0.3, -0.25) is 0 Å². The summed E-state index contributed by atoms with van der Waals surface area (Å²) in [7, 11) is 3.39. The van der Waals surface area contributed by atoms with Crippen molar-refractivity contribution in [3.63, 3.8) is 0 Å². The monoisotopic (exact) mass is 268 g/mol. The number of nitrogens with zero attached hydrogens (tertiary/aromatic N) is 3. The van der Waals surface area contributed by atoms with E-state index in [1.165, 1.54) is 17.7 Å². The Morgan fingerprint density at radius 1 is 1.37 bits per heavy atom. The highest BCUT2D eigenvalue weighted by molar-refractivity contribution is 5.73. The summed E-state index contributed by atoms with van der Waals surface area (Å²) in [6, 6.07) is 0.873. The van der Waals surface area contributed by atoms with Gasteiger partial charge in [0.15, 0.2) is 0 Å². The number of rotatable bonds is 7. The smallest absolute Gasteiger partial charge is 0.316 e. The molecule has 106 valence electrons. The third-order valence-corrected chi connectivity index (χ3v) is 2.67. The van der Waals surface area contributed by atoms with Gasteiger partial charge in [-0.05, 0) is 12.8 Å². The van der Waals surface area contributed by atoms with E-state index in [1.54, 1.807) is 14.1 Å². The molecule has 3 N–H and O–H groups in total. The number of carbonyl (C=O) groups is 1. The lowest BCUT2D eigenvalue weighted by Crippen LogP contribution is -2.37. The van der Waals surface area contributed by atoms with E-state index in [0.717, 1.165) is 0 Å². The molecule has 1 fully saturated rings. The molecular weight excluding hydrogens is 248 g/mol. The van der Waals surface area contributed by atoms with Gasteiger partial charge in [0.25, 0.3) is 0 Å². The number of hydrogen-bond acceptors (Lipinski definition) is 6. The first-order valence-corrected chi connectivity index (χ1v) is 6.40. The predicted octanol–water partition coefficient (Wildman–Crippen LogP) is 0.00470. The van der Waals surface area contributed by atoms with Gasteiger partial charge in [-0.15, -0.1) is 5.10 Å². The van der Waals surface area contributed by atoms with Gasteiger partial charge in [0.05, 0.1) is 6.54 Å². The lowest BCUT2D eigenvalue weighted by Gasteiger charge is -2.11. The highest BCUT2D eigenvalue weighted by atomic mass is 16.4. The Morgan fingerprint density at radius 3 is 2.84 bits per heavy atom. The fraction of sp³-hybridized carbons (Fsp3) is 0.727. The van der Waals surface area contributed by atoms with E-state index < -0.39 is 0 Å². The minimum atomic E-state index is -0.123. The second-order valence-electron chi connectivity index (χ2n) is 4.71. The molecule has 0 unspecified atom stereocenters. The van der Waals surface area contributed by atoms with Gasteiger partial charge in [-0.2, -0.15) is 0 Å². The van der Waals surface area contributed by atoms with Crippen molar-refractivity contribution in [3.05, 3.63) is 5.89 Å². The van der Waals surface area contributed by atoms with E-state index in [2.05, 4.69) is 26.1 Å². The first-order valence-electron chi connectivity index (χ1n) is 6.40. The van der Waals surface area contributed by atoms with Crippen molar-refractivity contribution in [2.45, 2.75) is 25.4 Å². The number of amides is 2. The van der Waals surface area contributed by atoms with Crippen molar-refractivity contribution < 1.29 is 9.21 Å². The fourth-order valence-corrected chi connectivity index (χ4v) is 1.41. The molecule has 1 aromatic heterocycles. The zero-order valence-electron chi connectivity index (χ0n) is 11.3. The van der Waals surface area contributed by atoms with Crippen molar-refractivity contribution in [2.24, 2.45) is 0 Å². The van der Waals surface area contributed by atoms with Crippen LogP contribution in [0, 0.1) is 0 Å². The number of anilines is 1. The molecule has 1 aliphatic rings. The van der Waals surface area contributed by atoms with Crippen molar-refractivity contribution in [2.75, 3.05) is 32.5 Å². The maximum atomic E-state index is 11.2. The minimum Gasteiger partial charge on any atom is -0.407 e. The zero-order valence-corrected chi connectivity index (χ0v) is 11.3. The van der Waals surface area contributed by atoms with Gasteiger partial charge in [-0.1, -0.05) is 5.10 Å². The molecule has 1 aliphatic carbocycles. The molecule has 1 aromatic rings.